The molecule has 0 fully saturated rings. The summed E-state index contributed by atoms with van der Waals surface area (Å²) in [5, 5.41) is 3.39. The average molecular weight is 260 g/mol. The van der Waals surface area contributed by atoms with Crippen molar-refractivity contribution in [1.29, 1.82) is 0 Å². The molecule has 2 rings (SSSR count). The lowest BCUT2D eigenvalue weighted by Crippen LogP contribution is -2.17. The number of nitrogens with one attached hydrogen (secondary N) is 1. The highest BCUT2D eigenvalue weighted by atomic mass is 16.5. The molecule has 0 saturated carbocycles. The predicted molar refractivity (Wildman–Crippen MR) is 73.9 cm³/mol. The van der Waals surface area contributed by atoms with Gasteiger partial charge in [0.25, 0.3) is 0 Å². The van der Waals surface area contributed by atoms with E-state index in [1.54, 1.807) is 13.3 Å². The van der Waals surface area contributed by atoms with Gasteiger partial charge in [-0.2, -0.15) is 0 Å². The molecule has 0 unspecified atom stereocenters. The van der Waals surface area contributed by atoms with Gasteiger partial charge in [0.2, 0.25) is 5.88 Å². The fraction of sp³-hybridized carbons (Fsp3) is 0.429. The van der Waals surface area contributed by atoms with Crippen LogP contribution in [-0.2, 0) is 13.1 Å². The van der Waals surface area contributed by atoms with E-state index in [-0.39, 0.29) is 0 Å². The third-order valence-corrected chi connectivity index (χ3v) is 2.97. The highest BCUT2D eigenvalue weighted by Crippen LogP contribution is 2.13. The predicted octanol–water partition coefficient (Wildman–Crippen LogP) is 2.16. The van der Waals surface area contributed by atoms with Crippen molar-refractivity contribution >= 4 is 0 Å². The average Bonchev–Trinajstić information content (AvgIpc) is 2.88. The first-order valence-electron chi connectivity index (χ1n) is 6.41. The van der Waals surface area contributed by atoms with Gasteiger partial charge in [-0.05, 0) is 19.9 Å². The molecule has 0 spiro atoms. The molecule has 0 saturated heterocycles. The summed E-state index contributed by atoms with van der Waals surface area (Å²) in [7, 11) is 1.64. The number of imidazole rings is 1. The molecule has 2 aromatic rings. The fourth-order valence-corrected chi connectivity index (χ4v) is 2.00. The number of rotatable bonds is 6. The first-order chi connectivity index (χ1) is 9.22. The molecule has 5 heteroatoms. The molecule has 0 aliphatic heterocycles. The van der Waals surface area contributed by atoms with Crippen molar-refractivity contribution in [2.24, 2.45) is 0 Å². The van der Waals surface area contributed by atoms with Gasteiger partial charge in [-0.15, -0.1) is 0 Å². The quantitative estimate of drug-likeness (QED) is 0.864. The Bertz CT molecular complexity index is 522. The van der Waals surface area contributed by atoms with E-state index >= 15 is 0 Å². The Kier molecular flexibility index (Phi) is 4.52. The minimum atomic E-state index is 0.423. The molecule has 2 heterocycles. The largest absolute Gasteiger partial charge is 0.481 e. The number of nitrogens with zero attached hydrogens (tertiary/aromatic N) is 3. The number of hydrogen-bond acceptors (Lipinski definition) is 4. The molecule has 1 N–H and O–H groups in total. The van der Waals surface area contributed by atoms with Crippen LogP contribution in [0.5, 0.6) is 5.88 Å². The second kappa shape index (κ2) is 6.33. The highest BCUT2D eigenvalue weighted by Gasteiger charge is 2.06. The van der Waals surface area contributed by atoms with Crippen LogP contribution in [0.4, 0.5) is 0 Å². The third kappa shape index (κ3) is 3.32. The van der Waals surface area contributed by atoms with Gasteiger partial charge in [-0.1, -0.05) is 6.07 Å². The van der Waals surface area contributed by atoms with Crippen LogP contribution in [0.1, 0.15) is 31.1 Å². The molecule has 102 valence electrons. The molecule has 0 radical (unpaired) electrons. The van der Waals surface area contributed by atoms with E-state index in [4.69, 9.17) is 4.74 Å². The Morgan fingerprint density at radius 1 is 1.37 bits per heavy atom. The van der Waals surface area contributed by atoms with Crippen molar-refractivity contribution in [1.82, 2.24) is 19.9 Å². The summed E-state index contributed by atoms with van der Waals surface area (Å²) in [6.07, 6.45) is 5.50. The molecule has 2 aromatic heterocycles. The maximum Gasteiger partial charge on any atom is 0.217 e. The van der Waals surface area contributed by atoms with Crippen LogP contribution in [0, 0.1) is 0 Å². The van der Waals surface area contributed by atoms with E-state index in [0.717, 1.165) is 18.7 Å². The smallest absolute Gasteiger partial charge is 0.217 e. The van der Waals surface area contributed by atoms with Gasteiger partial charge in [-0.25, -0.2) is 9.97 Å². The van der Waals surface area contributed by atoms with E-state index < -0.39 is 0 Å². The summed E-state index contributed by atoms with van der Waals surface area (Å²) in [6, 6.07) is 4.35. The van der Waals surface area contributed by atoms with Gasteiger partial charge in [0.15, 0.2) is 0 Å². The summed E-state index contributed by atoms with van der Waals surface area (Å²) < 4.78 is 7.39. The topological polar surface area (TPSA) is 52.0 Å². The molecule has 0 amide bonds. The summed E-state index contributed by atoms with van der Waals surface area (Å²) in [4.78, 5) is 8.37. The molecular formula is C14H20N4O. The molecule has 0 aliphatic rings. The summed E-state index contributed by atoms with van der Waals surface area (Å²) >= 11 is 0. The first-order valence-corrected chi connectivity index (χ1v) is 6.41. The van der Waals surface area contributed by atoms with Crippen molar-refractivity contribution in [3.05, 3.63) is 42.1 Å². The van der Waals surface area contributed by atoms with Crippen molar-refractivity contribution in [3.63, 3.8) is 0 Å². The van der Waals surface area contributed by atoms with Gasteiger partial charge in [-0.3, -0.25) is 0 Å². The van der Waals surface area contributed by atoms with Gasteiger partial charge in [0, 0.05) is 37.1 Å². The molecule has 0 aromatic carbocycles. The van der Waals surface area contributed by atoms with Crippen molar-refractivity contribution in [2.45, 2.75) is 33.0 Å². The van der Waals surface area contributed by atoms with Gasteiger partial charge < -0.3 is 14.6 Å². The van der Waals surface area contributed by atoms with Gasteiger partial charge >= 0.3 is 0 Å². The second-order valence-electron chi connectivity index (χ2n) is 4.66. The number of methoxy groups -OCH3 is 1. The minimum absolute atomic E-state index is 0.423. The molecular weight excluding hydrogens is 240 g/mol. The van der Waals surface area contributed by atoms with E-state index in [2.05, 4.69) is 33.7 Å². The standard InChI is InChI=1S/C14H20N4O/c1-11(2)18-10-16-9-13(18)8-15-7-12-5-4-6-17-14(12)19-3/h4-6,9-11,15H,7-8H2,1-3H3. The number of hydrogen-bond donors (Lipinski definition) is 1. The zero-order valence-corrected chi connectivity index (χ0v) is 11.6. The highest BCUT2D eigenvalue weighted by molar-refractivity contribution is 5.25. The zero-order valence-electron chi connectivity index (χ0n) is 11.6. The maximum absolute atomic E-state index is 5.23. The molecule has 0 aliphatic carbocycles. The Morgan fingerprint density at radius 3 is 2.95 bits per heavy atom. The second-order valence-corrected chi connectivity index (χ2v) is 4.66. The molecule has 0 bridgehead atoms. The van der Waals surface area contributed by atoms with E-state index in [9.17, 15) is 0 Å². The van der Waals surface area contributed by atoms with Crippen LogP contribution in [0.2, 0.25) is 0 Å². The van der Waals surface area contributed by atoms with Crippen LogP contribution >= 0.6 is 0 Å². The van der Waals surface area contributed by atoms with Crippen molar-refractivity contribution in [3.8, 4) is 5.88 Å². The van der Waals surface area contributed by atoms with E-state index in [1.165, 1.54) is 5.69 Å². The van der Waals surface area contributed by atoms with Gasteiger partial charge in [0.05, 0.1) is 19.1 Å². The summed E-state index contributed by atoms with van der Waals surface area (Å²) in [6.45, 7) is 5.79. The van der Waals surface area contributed by atoms with Crippen LogP contribution in [0.15, 0.2) is 30.9 Å². The monoisotopic (exact) mass is 260 g/mol. The summed E-state index contributed by atoms with van der Waals surface area (Å²) in [5.74, 6) is 0.673. The van der Waals surface area contributed by atoms with Crippen LogP contribution in [0.25, 0.3) is 0 Å². The zero-order chi connectivity index (χ0) is 13.7. The number of pyridine rings is 1. The fourth-order valence-electron chi connectivity index (χ4n) is 2.00. The number of ether oxygens (including phenoxy) is 1. The molecule has 5 nitrogen and oxygen atoms in total. The molecule has 19 heavy (non-hydrogen) atoms. The Labute approximate surface area is 113 Å². The van der Waals surface area contributed by atoms with Crippen molar-refractivity contribution in [2.75, 3.05) is 7.11 Å². The van der Waals surface area contributed by atoms with Crippen molar-refractivity contribution < 1.29 is 4.74 Å². The third-order valence-electron chi connectivity index (χ3n) is 2.97. The Hall–Kier alpha value is -1.88. The number of aromatic nitrogens is 3. The van der Waals surface area contributed by atoms with Gasteiger partial charge in [0.1, 0.15) is 0 Å². The normalized spacial score (nSPS) is 10.9. The first kappa shape index (κ1) is 13.5. The van der Waals surface area contributed by atoms with Crippen LogP contribution < -0.4 is 10.1 Å². The van der Waals surface area contributed by atoms with E-state index in [0.29, 0.717) is 11.9 Å². The Balaban J connectivity index is 1.95. The van der Waals surface area contributed by atoms with Crippen LogP contribution in [0.3, 0.4) is 0 Å². The lowest BCUT2D eigenvalue weighted by molar-refractivity contribution is 0.390. The SMILES string of the molecule is COc1ncccc1CNCc1cncn1C(C)C. The van der Waals surface area contributed by atoms with Crippen LogP contribution in [-0.4, -0.2) is 21.6 Å². The minimum Gasteiger partial charge on any atom is -0.481 e. The van der Waals surface area contributed by atoms with E-state index in [1.807, 2.05) is 24.7 Å². The lowest BCUT2D eigenvalue weighted by atomic mass is 10.2. The summed E-state index contributed by atoms with van der Waals surface area (Å²) in [5.41, 5.74) is 2.23. The molecule has 0 atom stereocenters. The Morgan fingerprint density at radius 2 is 2.21 bits per heavy atom. The maximum atomic E-state index is 5.23. The lowest BCUT2D eigenvalue weighted by Gasteiger charge is -2.13.